The van der Waals surface area contributed by atoms with Gasteiger partial charge < -0.3 is 10.0 Å². The first kappa shape index (κ1) is 14.1. The van der Waals surface area contributed by atoms with E-state index in [0.29, 0.717) is 0 Å². The number of piperidine rings is 1. The molecule has 1 aliphatic heterocycles. The molecule has 2 atom stereocenters. The van der Waals surface area contributed by atoms with E-state index >= 15 is 0 Å². The van der Waals surface area contributed by atoms with E-state index in [0.717, 1.165) is 42.5 Å². The summed E-state index contributed by atoms with van der Waals surface area (Å²) in [6.45, 7) is 6.54. The molecular formula is C16H23NO2. The van der Waals surface area contributed by atoms with Crippen molar-refractivity contribution in [2.75, 3.05) is 6.54 Å². The van der Waals surface area contributed by atoms with Crippen LogP contribution in [0.1, 0.15) is 47.7 Å². The molecule has 1 fully saturated rings. The average molecular weight is 261 g/mol. The Hall–Kier alpha value is -1.35. The second-order valence-electron chi connectivity index (χ2n) is 5.55. The van der Waals surface area contributed by atoms with Gasteiger partial charge in [-0.3, -0.25) is 4.79 Å². The predicted molar refractivity (Wildman–Crippen MR) is 76.3 cm³/mol. The van der Waals surface area contributed by atoms with Crippen molar-refractivity contribution >= 4 is 5.91 Å². The molecule has 1 saturated heterocycles. The third-order valence-electron chi connectivity index (χ3n) is 4.20. The second-order valence-corrected chi connectivity index (χ2v) is 5.55. The van der Waals surface area contributed by atoms with Gasteiger partial charge in [0.2, 0.25) is 0 Å². The van der Waals surface area contributed by atoms with Crippen LogP contribution in [0, 0.1) is 13.8 Å². The third kappa shape index (κ3) is 2.81. The summed E-state index contributed by atoms with van der Waals surface area (Å²) in [7, 11) is 0. The Bertz CT molecular complexity index is 468. The molecule has 1 heterocycles. The first-order valence-electron chi connectivity index (χ1n) is 7.07. The summed E-state index contributed by atoms with van der Waals surface area (Å²) in [4.78, 5) is 14.6. The number of carbonyl (C=O) groups excluding carboxylic acids is 1. The van der Waals surface area contributed by atoms with Gasteiger partial charge in [0.1, 0.15) is 0 Å². The lowest BCUT2D eigenvalue weighted by molar-refractivity contribution is 0.0280. The maximum Gasteiger partial charge on any atom is 0.254 e. The zero-order chi connectivity index (χ0) is 14.0. The van der Waals surface area contributed by atoms with E-state index in [4.69, 9.17) is 0 Å². The van der Waals surface area contributed by atoms with E-state index < -0.39 is 6.10 Å². The molecule has 0 spiro atoms. The van der Waals surface area contributed by atoms with Crippen molar-refractivity contribution in [1.82, 2.24) is 4.90 Å². The van der Waals surface area contributed by atoms with Crippen molar-refractivity contribution in [3.8, 4) is 0 Å². The Morgan fingerprint density at radius 3 is 2.79 bits per heavy atom. The summed E-state index contributed by atoms with van der Waals surface area (Å²) in [5.74, 6) is 0.0619. The standard InChI is InChI=1S/C16H23NO2/c1-11-7-6-8-14(12(11)2)16(19)17-10-5-4-9-15(17)13(3)18/h6-8,13,15,18H,4-5,9-10H2,1-3H3/t13-,15-/m0/s1. The molecule has 0 bridgehead atoms. The fourth-order valence-electron chi connectivity index (χ4n) is 2.85. The molecule has 104 valence electrons. The maximum absolute atomic E-state index is 12.7. The number of nitrogens with zero attached hydrogens (tertiary/aromatic N) is 1. The summed E-state index contributed by atoms with van der Waals surface area (Å²) in [6.07, 6.45) is 2.55. The number of likely N-dealkylation sites (tertiary alicyclic amines) is 1. The monoisotopic (exact) mass is 261 g/mol. The first-order valence-corrected chi connectivity index (χ1v) is 7.07. The van der Waals surface area contributed by atoms with Crippen LogP contribution in [-0.4, -0.2) is 34.6 Å². The van der Waals surface area contributed by atoms with Gasteiger partial charge in [-0.25, -0.2) is 0 Å². The number of hydrogen-bond donors (Lipinski definition) is 1. The smallest absolute Gasteiger partial charge is 0.254 e. The lowest BCUT2D eigenvalue weighted by Crippen LogP contribution is -2.49. The van der Waals surface area contributed by atoms with E-state index in [1.54, 1.807) is 6.92 Å². The van der Waals surface area contributed by atoms with Crippen LogP contribution in [0.5, 0.6) is 0 Å². The summed E-state index contributed by atoms with van der Waals surface area (Å²) in [5.41, 5.74) is 2.95. The predicted octanol–water partition coefficient (Wildman–Crippen LogP) is 2.68. The van der Waals surface area contributed by atoms with Crippen molar-refractivity contribution < 1.29 is 9.90 Å². The van der Waals surface area contributed by atoms with E-state index in [2.05, 4.69) is 0 Å². The molecule has 1 aromatic carbocycles. The molecule has 1 aliphatic rings. The zero-order valence-electron chi connectivity index (χ0n) is 12.0. The van der Waals surface area contributed by atoms with Crippen LogP contribution in [0.2, 0.25) is 0 Å². The van der Waals surface area contributed by atoms with E-state index in [1.165, 1.54) is 0 Å². The fraction of sp³-hybridized carbons (Fsp3) is 0.562. The number of hydrogen-bond acceptors (Lipinski definition) is 2. The minimum absolute atomic E-state index is 0.0406. The highest BCUT2D eigenvalue weighted by molar-refractivity contribution is 5.96. The maximum atomic E-state index is 12.7. The van der Waals surface area contributed by atoms with Gasteiger partial charge >= 0.3 is 0 Å². The number of aryl methyl sites for hydroxylation is 1. The summed E-state index contributed by atoms with van der Waals surface area (Å²) < 4.78 is 0. The molecule has 0 radical (unpaired) electrons. The lowest BCUT2D eigenvalue weighted by atomic mass is 9.95. The molecule has 1 aromatic rings. The molecule has 3 heteroatoms. The largest absolute Gasteiger partial charge is 0.391 e. The van der Waals surface area contributed by atoms with Crippen molar-refractivity contribution in [2.24, 2.45) is 0 Å². The number of carbonyl (C=O) groups is 1. The minimum Gasteiger partial charge on any atom is -0.391 e. The molecule has 3 nitrogen and oxygen atoms in total. The number of amides is 1. The fourth-order valence-corrected chi connectivity index (χ4v) is 2.85. The van der Waals surface area contributed by atoms with Crippen molar-refractivity contribution in [3.63, 3.8) is 0 Å². The molecule has 1 amide bonds. The Labute approximate surface area is 115 Å². The molecule has 0 aliphatic carbocycles. The summed E-state index contributed by atoms with van der Waals surface area (Å²) >= 11 is 0. The van der Waals surface area contributed by atoms with Crippen molar-refractivity contribution in [3.05, 3.63) is 34.9 Å². The van der Waals surface area contributed by atoms with Crippen LogP contribution >= 0.6 is 0 Å². The van der Waals surface area contributed by atoms with Crippen molar-refractivity contribution in [1.29, 1.82) is 0 Å². The van der Waals surface area contributed by atoms with Gasteiger partial charge in [0.05, 0.1) is 12.1 Å². The van der Waals surface area contributed by atoms with Gasteiger partial charge in [-0.2, -0.15) is 0 Å². The van der Waals surface area contributed by atoms with Gasteiger partial charge in [-0.15, -0.1) is 0 Å². The van der Waals surface area contributed by atoms with E-state index in [1.807, 2.05) is 36.9 Å². The van der Waals surface area contributed by atoms with Crippen LogP contribution in [-0.2, 0) is 0 Å². The van der Waals surface area contributed by atoms with Crippen LogP contribution in [0.25, 0.3) is 0 Å². The van der Waals surface area contributed by atoms with Crippen LogP contribution in [0.15, 0.2) is 18.2 Å². The highest BCUT2D eigenvalue weighted by atomic mass is 16.3. The Morgan fingerprint density at radius 1 is 1.37 bits per heavy atom. The number of rotatable bonds is 2. The second kappa shape index (κ2) is 5.74. The SMILES string of the molecule is Cc1cccc(C(=O)N2CCCC[C@H]2[C@H](C)O)c1C. The van der Waals surface area contributed by atoms with Gasteiger partial charge in [-0.1, -0.05) is 12.1 Å². The first-order chi connectivity index (χ1) is 9.02. The molecule has 2 rings (SSSR count). The quantitative estimate of drug-likeness (QED) is 0.889. The summed E-state index contributed by atoms with van der Waals surface area (Å²) in [6, 6.07) is 5.80. The third-order valence-corrected chi connectivity index (χ3v) is 4.20. The van der Waals surface area contributed by atoms with Crippen LogP contribution in [0.3, 0.4) is 0 Å². The number of aliphatic hydroxyl groups excluding tert-OH is 1. The van der Waals surface area contributed by atoms with Crippen LogP contribution in [0.4, 0.5) is 0 Å². The number of aliphatic hydroxyl groups is 1. The lowest BCUT2D eigenvalue weighted by Gasteiger charge is -2.37. The van der Waals surface area contributed by atoms with Crippen molar-refractivity contribution in [2.45, 2.75) is 52.2 Å². The van der Waals surface area contributed by atoms with E-state index in [9.17, 15) is 9.90 Å². The van der Waals surface area contributed by atoms with Crippen LogP contribution < -0.4 is 0 Å². The molecule has 0 aromatic heterocycles. The topological polar surface area (TPSA) is 40.5 Å². The molecular weight excluding hydrogens is 238 g/mol. The van der Waals surface area contributed by atoms with Gasteiger partial charge in [0.25, 0.3) is 5.91 Å². The highest BCUT2D eigenvalue weighted by Crippen LogP contribution is 2.24. The highest BCUT2D eigenvalue weighted by Gasteiger charge is 2.31. The molecule has 0 unspecified atom stereocenters. The average Bonchev–Trinajstić information content (AvgIpc) is 2.41. The van der Waals surface area contributed by atoms with Gasteiger partial charge in [0.15, 0.2) is 0 Å². The Kier molecular flexibility index (Phi) is 4.25. The molecule has 0 saturated carbocycles. The zero-order valence-corrected chi connectivity index (χ0v) is 12.0. The molecule has 19 heavy (non-hydrogen) atoms. The van der Waals surface area contributed by atoms with Gasteiger partial charge in [0, 0.05) is 12.1 Å². The van der Waals surface area contributed by atoms with E-state index in [-0.39, 0.29) is 11.9 Å². The normalized spacial score (nSPS) is 21.3. The Balaban J connectivity index is 2.29. The van der Waals surface area contributed by atoms with Gasteiger partial charge in [-0.05, 0) is 57.2 Å². The number of benzene rings is 1. The summed E-state index contributed by atoms with van der Waals surface area (Å²) in [5, 5.41) is 9.87. The molecule has 1 N–H and O–H groups in total. The Morgan fingerprint density at radius 2 is 2.11 bits per heavy atom. The minimum atomic E-state index is -0.464.